The SMILES string of the molecule is O=[N+]([O-])c1ccc([C@@H](Br)C(F)(F)F)cc1. The predicted octanol–water partition coefficient (Wildman–Crippen LogP) is 3.59. The van der Waals surface area contributed by atoms with Gasteiger partial charge in [0.1, 0.15) is 4.83 Å². The fourth-order valence-corrected chi connectivity index (χ4v) is 1.26. The summed E-state index contributed by atoms with van der Waals surface area (Å²) in [5.74, 6) is 0. The fraction of sp³-hybridized carbons (Fsp3) is 0.250. The Bertz CT molecular complexity index is 363. The number of non-ortho nitro benzene ring substituents is 1. The number of hydrogen-bond donors (Lipinski definition) is 0. The van der Waals surface area contributed by atoms with E-state index in [1.165, 1.54) is 0 Å². The van der Waals surface area contributed by atoms with Crippen LogP contribution in [0.3, 0.4) is 0 Å². The highest BCUT2D eigenvalue weighted by Gasteiger charge is 2.38. The zero-order valence-corrected chi connectivity index (χ0v) is 8.75. The Balaban J connectivity index is 2.94. The Morgan fingerprint density at radius 3 is 2.07 bits per heavy atom. The molecule has 7 heteroatoms. The third-order valence-corrected chi connectivity index (χ3v) is 2.73. The second kappa shape index (κ2) is 4.18. The monoisotopic (exact) mass is 283 g/mol. The van der Waals surface area contributed by atoms with E-state index < -0.39 is 15.9 Å². The first-order valence-corrected chi connectivity index (χ1v) is 4.69. The minimum atomic E-state index is -4.41. The van der Waals surface area contributed by atoms with Crippen molar-refractivity contribution in [3.8, 4) is 0 Å². The third-order valence-electron chi connectivity index (χ3n) is 1.68. The quantitative estimate of drug-likeness (QED) is 0.473. The highest BCUT2D eigenvalue weighted by Crippen LogP contribution is 2.39. The number of nitro groups is 1. The van der Waals surface area contributed by atoms with Crippen molar-refractivity contribution in [3.63, 3.8) is 0 Å². The van der Waals surface area contributed by atoms with Gasteiger partial charge in [0, 0.05) is 12.1 Å². The normalized spacial score (nSPS) is 13.6. The molecule has 1 aromatic carbocycles. The van der Waals surface area contributed by atoms with Crippen LogP contribution < -0.4 is 0 Å². The lowest BCUT2D eigenvalue weighted by Crippen LogP contribution is -2.15. The van der Waals surface area contributed by atoms with E-state index in [4.69, 9.17) is 0 Å². The highest BCUT2D eigenvalue weighted by molar-refractivity contribution is 9.09. The first kappa shape index (κ1) is 12.0. The van der Waals surface area contributed by atoms with Gasteiger partial charge in [0.05, 0.1) is 4.92 Å². The van der Waals surface area contributed by atoms with Gasteiger partial charge < -0.3 is 0 Å². The van der Waals surface area contributed by atoms with Gasteiger partial charge in [-0.25, -0.2) is 0 Å². The highest BCUT2D eigenvalue weighted by atomic mass is 79.9. The average molecular weight is 284 g/mol. The molecule has 0 aliphatic rings. The van der Waals surface area contributed by atoms with Crippen LogP contribution in [0.15, 0.2) is 24.3 Å². The van der Waals surface area contributed by atoms with Crippen LogP contribution in [-0.2, 0) is 0 Å². The van der Waals surface area contributed by atoms with Crippen LogP contribution in [0.4, 0.5) is 18.9 Å². The molecule has 0 amide bonds. The number of rotatable bonds is 2. The Labute approximate surface area is 91.2 Å². The summed E-state index contributed by atoms with van der Waals surface area (Å²) in [6.45, 7) is 0. The molecule has 0 spiro atoms. The van der Waals surface area contributed by atoms with Crippen molar-refractivity contribution in [1.82, 2.24) is 0 Å². The molecule has 1 atom stereocenters. The number of alkyl halides is 4. The van der Waals surface area contributed by atoms with Gasteiger partial charge in [-0.3, -0.25) is 10.1 Å². The number of nitrogens with zero attached hydrogens (tertiary/aromatic N) is 1. The summed E-state index contributed by atoms with van der Waals surface area (Å²) < 4.78 is 36.6. The van der Waals surface area contributed by atoms with Crippen molar-refractivity contribution in [2.45, 2.75) is 11.0 Å². The topological polar surface area (TPSA) is 43.1 Å². The van der Waals surface area contributed by atoms with Gasteiger partial charge >= 0.3 is 6.18 Å². The summed E-state index contributed by atoms with van der Waals surface area (Å²) in [6.07, 6.45) is -4.41. The maximum absolute atomic E-state index is 12.2. The Morgan fingerprint density at radius 1 is 1.27 bits per heavy atom. The average Bonchev–Trinajstić information content (AvgIpc) is 2.15. The van der Waals surface area contributed by atoms with Crippen LogP contribution in [0.25, 0.3) is 0 Å². The zero-order valence-electron chi connectivity index (χ0n) is 7.16. The molecule has 0 unspecified atom stereocenters. The van der Waals surface area contributed by atoms with E-state index in [0.717, 1.165) is 24.3 Å². The van der Waals surface area contributed by atoms with Crippen molar-refractivity contribution in [2.75, 3.05) is 0 Å². The third kappa shape index (κ3) is 2.92. The molecule has 1 aromatic rings. The Morgan fingerprint density at radius 2 is 1.73 bits per heavy atom. The van der Waals surface area contributed by atoms with Crippen molar-refractivity contribution in [2.24, 2.45) is 0 Å². The molecule has 0 fully saturated rings. The van der Waals surface area contributed by atoms with Crippen LogP contribution in [-0.4, -0.2) is 11.1 Å². The number of halogens is 4. The molecule has 1 rings (SSSR count). The summed E-state index contributed by atoms with van der Waals surface area (Å²) in [5, 5.41) is 10.3. The lowest BCUT2D eigenvalue weighted by molar-refractivity contribution is -0.384. The summed E-state index contributed by atoms with van der Waals surface area (Å²) in [4.78, 5) is 7.78. The molecule has 0 radical (unpaired) electrons. The second-order valence-corrected chi connectivity index (χ2v) is 3.67. The standard InChI is InChI=1S/C8H5BrF3NO2/c9-7(8(10,11)12)5-1-3-6(4-2-5)13(14)15/h1-4,7H/t7-/m1/s1. The maximum atomic E-state index is 12.2. The van der Waals surface area contributed by atoms with Gasteiger partial charge in [-0.2, -0.15) is 13.2 Å². The summed E-state index contributed by atoms with van der Waals surface area (Å²) in [6, 6.07) is 4.22. The van der Waals surface area contributed by atoms with E-state index in [-0.39, 0.29) is 11.3 Å². The van der Waals surface area contributed by atoms with Gasteiger partial charge in [0.25, 0.3) is 5.69 Å². The van der Waals surface area contributed by atoms with Gasteiger partial charge in [0.2, 0.25) is 0 Å². The molecular formula is C8H5BrF3NO2. The molecule has 0 aliphatic carbocycles. The number of benzene rings is 1. The van der Waals surface area contributed by atoms with Crippen LogP contribution >= 0.6 is 15.9 Å². The minimum absolute atomic E-state index is 0.0619. The van der Waals surface area contributed by atoms with Gasteiger partial charge in [-0.05, 0) is 5.56 Å². The maximum Gasteiger partial charge on any atom is 0.405 e. The van der Waals surface area contributed by atoms with Crippen molar-refractivity contribution >= 4 is 21.6 Å². The summed E-state index contributed by atoms with van der Waals surface area (Å²) in [7, 11) is 0. The largest absolute Gasteiger partial charge is 0.405 e. The van der Waals surface area contributed by atoms with Gasteiger partial charge in [-0.15, -0.1) is 0 Å². The lowest BCUT2D eigenvalue weighted by Gasteiger charge is -2.13. The van der Waals surface area contributed by atoms with E-state index in [1.54, 1.807) is 0 Å². The molecule has 0 saturated carbocycles. The van der Waals surface area contributed by atoms with Gasteiger partial charge in [-0.1, -0.05) is 28.1 Å². The first-order chi connectivity index (χ1) is 6.82. The van der Waals surface area contributed by atoms with E-state index in [9.17, 15) is 23.3 Å². The Kier molecular flexibility index (Phi) is 3.33. The van der Waals surface area contributed by atoms with Crippen molar-refractivity contribution < 1.29 is 18.1 Å². The zero-order chi connectivity index (χ0) is 11.6. The molecule has 82 valence electrons. The molecule has 15 heavy (non-hydrogen) atoms. The van der Waals surface area contributed by atoms with E-state index in [1.807, 2.05) is 0 Å². The molecule has 0 heterocycles. The molecule has 0 N–H and O–H groups in total. The van der Waals surface area contributed by atoms with Crippen LogP contribution in [0, 0.1) is 10.1 Å². The van der Waals surface area contributed by atoms with Crippen LogP contribution in [0.1, 0.15) is 10.4 Å². The lowest BCUT2D eigenvalue weighted by atomic mass is 10.1. The summed E-state index contributed by atoms with van der Waals surface area (Å²) >= 11 is 2.47. The number of nitro benzene ring substituents is 1. The minimum Gasteiger partial charge on any atom is -0.258 e. The van der Waals surface area contributed by atoms with E-state index in [2.05, 4.69) is 15.9 Å². The van der Waals surface area contributed by atoms with Crippen LogP contribution in [0.2, 0.25) is 0 Å². The molecule has 3 nitrogen and oxygen atoms in total. The van der Waals surface area contributed by atoms with Crippen LogP contribution in [0.5, 0.6) is 0 Å². The van der Waals surface area contributed by atoms with Crippen molar-refractivity contribution in [1.29, 1.82) is 0 Å². The first-order valence-electron chi connectivity index (χ1n) is 3.77. The fourth-order valence-electron chi connectivity index (χ4n) is 0.954. The molecule has 0 bridgehead atoms. The van der Waals surface area contributed by atoms with E-state index >= 15 is 0 Å². The van der Waals surface area contributed by atoms with Gasteiger partial charge in [0.15, 0.2) is 0 Å². The van der Waals surface area contributed by atoms with E-state index in [0.29, 0.717) is 0 Å². The smallest absolute Gasteiger partial charge is 0.258 e. The molecule has 0 aromatic heterocycles. The molecule has 0 aliphatic heterocycles. The molecule has 0 saturated heterocycles. The molecular weight excluding hydrogens is 279 g/mol. The number of hydrogen-bond acceptors (Lipinski definition) is 2. The van der Waals surface area contributed by atoms with Crippen molar-refractivity contribution in [3.05, 3.63) is 39.9 Å². The Hall–Kier alpha value is -1.11. The summed E-state index contributed by atoms with van der Waals surface area (Å²) in [5.41, 5.74) is -0.297. The second-order valence-electron chi connectivity index (χ2n) is 2.75. The predicted molar refractivity (Wildman–Crippen MR) is 50.8 cm³/mol.